The number of benzene rings is 2. The molecule has 0 aliphatic heterocycles. The molecule has 4 nitrogen and oxygen atoms in total. The molecule has 0 bridgehead atoms. The minimum Gasteiger partial charge on any atom is -0.395 e. The molecule has 0 saturated carbocycles. The second-order valence-electron chi connectivity index (χ2n) is 4.01. The Balaban J connectivity index is 2.50. The summed E-state index contributed by atoms with van der Waals surface area (Å²) < 4.78 is 41.6. The third kappa shape index (κ3) is 3.50. The Bertz CT molecular complexity index is 815. The molecule has 9 heteroatoms. The van der Waals surface area contributed by atoms with Gasteiger partial charge >= 0.3 is 0 Å². The quantitative estimate of drug-likeness (QED) is 0.529. The van der Waals surface area contributed by atoms with E-state index in [1.165, 1.54) is 6.07 Å². The molecule has 0 aromatic heterocycles. The van der Waals surface area contributed by atoms with Gasteiger partial charge in [-0.1, -0.05) is 33.6 Å². The predicted molar refractivity (Wildman–Crippen MR) is 88.5 cm³/mol. The van der Waals surface area contributed by atoms with Gasteiger partial charge in [-0.25, -0.2) is 12.8 Å². The van der Waals surface area contributed by atoms with E-state index in [0.717, 1.165) is 6.07 Å². The maximum absolute atomic E-state index is 14.1. The van der Waals surface area contributed by atoms with Crippen molar-refractivity contribution < 1.29 is 12.8 Å². The van der Waals surface area contributed by atoms with E-state index in [1.807, 2.05) is 0 Å². The Morgan fingerprint density at radius 1 is 1.24 bits per heavy atom. The zero-order valence-corrected chi connectivity index (χ0v) is 14.9. The molecule has 2 rings (SSSR count). The lowest BCUT2D eigenvalue weighted by Crippen LogP contribution is -2.15. The lowest BCUT2D eigenvalue weighted by atomic mass is 10.3. The van der Waals surface area contributed by atoms with Crippen LogP contribution >= 0.6 is 43.5 Å². The number of nitrogens with one attached hydrogen (secondary N) is 1. The molecule has 0 radical (unpaired) electrons. The highest BCUT2D eigenvalue weighted by atomic mass is 79.9. The zero-order valence-electron chi connectivity index (χ0n) is 10.2. The monoisotopic (exact) mass is 456 g/mol. The van der Waals surface area contributed by atoms with Crippen molar-refractivity contribution in [3.8, 4) is 0 Å². The molecule has 0 unspecified atom stereocenters. The van der Waals surface area contributed by atoms with E-state index in [0.29, 0.717) is 4.47 Å². The van der Waals surface area contributed by atoms with Crippen LogP contribution in [0.2, 0.25) is 5.02 Å². The molecule has 0 atom stereocenters. The second kappa shape index (κ2) is 6.12. The van der Waals surface area contributed by atoms with Gasteiger partial charge in [-0.3, -0.25) is 4.72 Å². The van der Waals surface area contributed by atoms with E-state index in [4.69, 9.17) is 17.3 Å². The van der Waals surface area contributed by atoms with Gasteiger partial charge in [0.2, 0.25) is 0 Å². The first-order valence-electron chi connectivity index (χ1n) is 5.43. The first-order valence-corrected chi connectivity index (χ1v) is 8.88. The summed E-state index contributed by atoms with van der Waals surface area (Å²) in [7, 11) is -4.15. The standard InChI is InChI=1S/C12H8Br2ClFN2O2S/c13-6-2-1-3-7(4-6)18-21(19,20)9-5-8(15)10(14)12(17)11(9)16/h1-5,18H,17H2. The maximum Gasteiger partial charge on any atom is 0.264 e. The van der Waals surface area contributed by atoms with E-state index in [1.54, 1.807) is 18.2 Å². The predicted octanol–water partition coefficient (Wildman–Crippen LogP) is 4.39. The Kier molecular flexibility index (Phi) is 4.82. The number of nitrogens with two attached hydrogens (primary N) is 1. The van der Waals surface area contributed by atoms with Gasteiger partial charge in [0.15, 0.2) is 5.82 Å². The van der Waals surface area contributed by atoms with Gasteiger partial charge < -0.3 is 5.73 Å². The van der Waals surface area contributed by atoms with Crippen molar-refractivity contribution in [1.29, 1.82) is 0 Å². The number of halogens is 4. The van der Waals surface area contributed by atoms with Crippen LogP contribution in [0.3, 0.4) is 0 Å². The Morgan fingerprint density at radius 3 is 2.52 bits per heavy atom. The Hall–Kier alpha value is -0.830. The number of rotatable bonds is 3. The van der Waals surface area contributed by atoms with Crippen molar-refractivity contribution in [3.05, 3.63) is 50.1 Å². The van der Waals surface area contributed by atoms with Gasteiger partial charge in [-0.15, -0.1) is 0 Å². The normalized spacial score (nSPS) is 11.4. The van der Waals surface area contributed by atoms with Crippen LogP contribution in [0.25, 0.3) is 0 Å². The Labute approximate surface area is 142 Å². The Morgan fingerprint density at radius 2 is 1.90 bits per heavy atom. The van der Waals surface area contributed by atoms with Gasteiger partial charge in [-0.2, -0.15) is 0 Å². The van der Waals surface area contributed by atoms with Gasteiger partial charge in [0, 0.05) is 10.2 Å². The summed E-state index contributed by atoms with van der Waals surface area (Å²) in [6.07, 6.45) is 0. The van der Waals surface area contributed by atoms with Gasteiger partial charge in [0.25, 0.3) is 10.0 Å². The average molecular weight is 459 g/mol. The SMILES string of the molecule is Nc1c(F)c(S(=O)(=O)Nc2cccc(Br)c2)cc(Cl)c1Br. The third-order valence-electron chi connectivity index (χ3n) is 2.52. The molecule has 0 aliphatic carbocycles. The average Bonchev–Trinajstić information content (AvgIpc) is 2.40. The molecule has 112 valence electrons. The van der Waals surface area contributed by atoms with Crippen LogP contribution in [0, 0.1) is 5.82 Å². The number of anilines is 2. The van der Waals surface area contributed by atoms with Gasteiger partial charge in [0.1, 0.15) is 4.90 Å². The smallest absolute Gasteiger partial charge is 0.264 e. The fraction of sp³-hybridized carbons (Fsp3) is 0. The summed E-state index contributed by atoms with van der Waals surface area (Å²) in [5, 5.41) is 0.00326. The summed E-state index contributed by atoms with van der Waals surface area (Å²) in [5.74, 6) is -1.06. The maximum atomic E-state index is 14.1. The van der Waals surface area contributed by atoms with E-state index in [9.17, 15) is 12.8 Å². The summed E-state index contributed by atoms with van der Waals surface area (Å²) in [4.78, 5) is -0.617. The van der Waals surface area contributed by atoms with E-state index in [-0.39, 0.29) is 20.9 Å². The van der Waals surface area contributed by atoms with Crippen molar-refractivity contribution in [2.24, 2.45) is 0 Å². The molecule has 3 N–H and O–H groups in total. The van der Waals surface area contributed by atoms with Crippen LogP contribution < -0.4 is 10.5 Å². The number of sulfonamides is 1. The largest absolute Gasteiger partial charge is 0.395 e. The summed E-state index contributed by atoms with van der Waals surface area (Å²) in [5.41, 5.74) is 5.41. The van der Waals surface area contributed by atoms with Crippen LogP contribution in [0.5, 0.6) is 0 Å². The van der Waals surface area contributed by atoms with E-state index >= 15 is 0 Å². The van der Waals surface area contributed by atoms with Gasteiger partial charge in [0.05, 0.1) is 15.2 Å². The van der Waals surface area contributed by atoms with Crippen LogP contribution in [0.15, 0.2) is 44.2 Å². The minimum atomic E-state index is -4.15. The third-order valence-corrected chi connectivity index (χ3v) is 5.78. The van der Waals surface area contributed by atoms with E-state index in [2.05, 4.69) is 36.6 Å². The second-order valence-corrected chi connectivity index (χ2v) is 7.78. The molecule has 0 aliphatic rings. The van der Waals surface area contributed by atoms with Crippen LogP contribution in [-0.4, -0.2) is 8.42 Å². The minimum absolute atomic E-state index is 0.00326. The topological polar surface area (TPSA) is 72.2 Å². The molecule has 0 saturated heterocycles. The number of nitrogen functional groups attached to an aromatic ring is 1. The summed E-state index contributed by atoms with van der Waals surface area (Å²) >= 11 is 12.0. The van der Waals surface area contributed by atoms with Crippen LogP contribution in [0.1, 0.15) is 0 Å². The zero-order chi connectivity index (χ0) is 15.8. The molecule has 0 fully saturated rings. The fourth-order valence-corrected chi connectivity index (χ4v) is 3.69. The summed E-state index contributed by atoms with van der Waals surface area (Å²) in [6.45, 7) is 0. The lowest BCUT2D eigenvalue weighted by molar-refractivity contribution is 0.572. The molecule has 0 spiro atoms. The van der Waals surface area contributed by atoms with Crippen molar-refractivity contribution in [2.45, 2.75) is 4.90 Å². The van der Waals surface area contributed by atoms with E-state index < -0.39 is 20.7 Å². The molecule has 0 amide bonds. The molecule has 2 aromatic carbocycles. The van der Waals surface area contributed by atoms with Crippen molar-refractivity contribution in [3.63, 3.8) is 0 Å². The van der Waals surface area contributed by atoms with Gasteiger partial charge in [-0.05, 0) is 40.2 Å². The first-order chi connectivity index (χ1) is 9.72. The first kappa shape index (κ1) is 16.5. The highest BCUT2D eigenvalue weighted by Crippen LogP contribution is 2.35. The molecule has 0 heterocycles. The van der Waals surface area contributed by atoms with Crippen molar-refractivity contribution in [2.75, 3.05) is 10.5 Å². The highest BCUT2D eigenvalue weighted by molar-refractivity contribution is 9.11. The summed E-state index contributed by atoms with van der Waals surface area (Å²) in [6, 6.07) is 7.44. The molecule has 21 heavy (non-hydrogen) atoms. The molecular weight excluding hydrogens is 450 g/mol. The lowest BCUT2D eigenvalue weighted by Gasteiger charge is -2.12. The van der Waals surface area contributed by atoms with Crippen LogP contribution in [0.4, 0.5) is 15.8 Å². The number of hydrogen-bond acceptors (Lipinski definition) is 3. The fourth-order valence-electron chi connectivity index (χ4n) is 1.56. The van der Waals surface area contributed by atoms with Crippen molar-refractivity contribution >= 4 is 64.9 Å². The van der Waals surface area contributed by atoms with Crippen LogP contribution in [-0.2, 0) is 10.0 Å². The highest BCUT2D eigenvalue weighted by Gasteiger charge is 2.24. The van der Waals surface area contributed by atoms with Crippen molar-refractivity contribution in [1.82, 2.24) is 0 Å². The molecule has 2 aromatic rings. The number of hydrogen-bond donors (Lipinski definition) is 2. The molecular formula is C12H8Br2ClFN2O2S.